The molecule has 0 saturated heterocycles. The zero-order valence-electron chi connectivity index (χ0n) is 12.0. The monoisotopic (exact) mass is 265 g/mol. The first-order chi connectivity index (χ1) is 8.82. The third-order valence-corrected chi connectivity index (χ3v) is 3.25. The number of rotatable bonds is 6. The fourth-order valence-electron chi connectivity index (χ4n) is 2.16. The number of carboxylic acid groups (broad SMARTS) is 1. The van der Waals surface area contributed by atoms with Crippen molar-refractivity contribution in [1.29, 1.82) is 0 Å². The Morgan fingerprint density at radius 2 is 1.95 bits per heavy atom. The molecule has 0 spiro atoms. The second-order valence-electron chi connectivity index (χ2n) is 5.34. The fourth-order valence-corrected chi connectivity index (χ4v) is 2.16. The molecule has 2 atom stereocenters. The molecule has 4 heteroatoms. The Labute approximate surface area is 114 Å². The summed E-state index contributed by atoms with van der Waals surface area (Å²) in [5, 5.41) is 22.1. The molecule has 1 aromatic rings. The molecule has 3 N–H and O–H groups in total. The van der Waals surface area contributed by atoms with Crippen LogP contribution in [0.1, 0.15) is 36.6 Å². The van der Waals surface area contributed by atoms with Gasteiger partial charge in [0.25, 0.3) is 0 Å². The van der Waals surface area contributed by atoms with Crippen molar-refractivity contribution in [3.63, 3.8) is 0 Å². The van der Waals surface area contributed by atoms with E-state index in [9.17, 15) is 9.90 Å². The van der Waals surface area contributed by atoms with Crippen LogP contribution in [-0.2, 0) is 4.79 Å². The number of aryl methyl sites for hydroxylation is 2. The van der Waals surface area contributed by atoms with Crippen LogP contribution in [0.4, 0.5) is 0 Å². The summed E-state index contributed by atoms with van der Waals surface area (Å²) < 4.78 is 0. The Morgan fingerprint density at radius 1 is 1.32 bits per heavy atom. The first kappa shape index (κ1) is 15.7. The maximum atomic E-state index is 11.1. The van der Waals surface area contributed by atoms with Crippen LogP contribution in [0.25, 0.3) is 0 Å². The fraction of sp³-hybridized carbons (Fsp3) is 0.533. The molecular weight excluding hydrogens is 242 g/mol. The molecule has 106 valence electrons. The maximum absolute atomic E-state index is 11.1. The Morgan fingerprint density at radius 3 is 2.42 bits per heavy atom. The third kappa shape index (κ3) is 4.33. The Kier molecular flexibility index (Phi) is 5.51. The third-order valence-electron chi connectivity index (χ3n) is 3.25. The number of hydrogen-bond donors (Lipinski definition) is 3. The normalized spacial score (nSPS) is 14.4. The van der Waals surface area contributed by atoms with Gasteiger partial charge in [-0.1, -0.05) is 37.6 Å². The number of aliphatic carboxylic acids is 1. The van der Waals surface area contributed by atoms with Crippen LogP contribution in [-0.4, -0.2) is 28.8 Å². The van der Waals surface area contributed by atoms with Gasteiger partial charge in [0.1, 0.15) is 6.04 Å². The largest absolute Gasteiger partial charge is 0.480 e. The summed E-state index contributed by atoms with van der Waals surface area (Å²) in [6.07, 6.45) is -0.693. The van der Waals surface area contributed by atoms with E-state index in [1.54, 1.807) is 0 Å². The molecule has 0 aromatic heterocycles. The van der Waals surface area contributed by atoms with Crippen LogP contribution in [0.2, 0.25) is 0 Å². The van der Waals surface area contributed by atoms with Crippen molar-refractivity contribution in [2.75, 3.05) is 6.54 Å². The van der Waals surface area contributed by atoms with Crippen LogP contribution >= 0.6 is 0 Å². The summed E-state index contributed by atoms with van der Waals surface area (Å²) in [6, 6.07) is 5.21. The lowest BCUT2D eigenvalue weighted by molar-refractivity contribution is -0.140. The second-order valence-corrected chi connectivity index (χ2v) is 5.34. The summed E-state index contributed by atoms with van der Waals surface area (Å²) >= 11 is 0. The highest BCUT2D eigenvalue weighted by atomic mass is 16.4. The average molecular weight is 265 g/mol. The van der Waals surface area contributed by atoms with Gasteiger partial charge in [-0.25, -0.2) is 0 Å². The van der Waals surface area contributed by atoms with E-state index in [1.807, 2.05) is 45.9 Å². The number of aliphatic hydroxyl groups is 1. The van der Waals surface area contributed by atoms with Gasteiger partial charge in [0.05, 0.1) is 6.10 Å². The van der Waals surface area contributed by atoms with Crippen molar-refractivity contribution < 1.29 is 15.0 Å². The van der Waals surface area contributed by atoms with Crippen molar-refractivity contribution in [2.24, 2.45) is 5.92 Å². The summed E-state index contributed by atoms with van der Waals surface area (Å²) in [5.41, 5.74) is 3.00. The zero-order chi connectivity index (χ0) is 14.6. The van der Waals surface area contributed by atoms with E-state index >= 15 is 0 Å². The molecule has 0 bridgehead atoms. The zero-order valence-corrected chi connectivity index (χ0v) is 12.0. The van der Waals surface area contributed by atoms with Crippen molar-refractivity contribution in [3.05, 3.63) is 34.9 Å². The molecule has 4 nitrogen and oxygen atoms in total. The first-order valence-corrected chi connectivity index (χ1v) is 6.54. The van der Waals surface area contributed by atoms with E-state index in [2.05, 4.69) is 5.32 Å². The lowest BCUT2D eigenvalue weighted by Crippen LogP contribution is -2.42. The standard InChI is InChI=1S/C15H23NO3/c1-9(2)14(15(18)19)16-8-13(17)12-6-5-10(3)7-11(12)4/h5-7,9,13-14,16-17H,8H2,1-4H3,(H,18,19). The van der Waals surface area contributed by atoms with Crippen molar-refractivity contribution in [2.45, 2.75) is 39.8 Å². The van der Waals surface area contributed by atoms with Gasteiger partial charge in [0.15, 0.2) is 0 Å². The van der Waals surface area contributed by atoms with E-state index in [-0.39, 0.29) is 12.5 Å². The first-order valence-electron chi connectivity index (χ1n) is 6.54. The van der Waals surface area contributed by atoms with E-state index in [0.717, 1.165) is 16.7 Å². The van der Waals surface area contributed by atoms with E-state index in [4.69, 9.17) is 5.11 Å². The quantitative estimate of drug-likeness (QED) is 0.736. The van der Waals surface area contributed by atoms with Gasteiger partial charge < -0.3 is 15.5 Å². The van der Waals surface area contributed by atoms with Gasteiger partial charge in [0, 0.05) is 6.54 Å². The molecule has 19 heavy (non-hydrogen) atoms. The molecule has 0 saturated carbocycles. The summed E-state index contributed by atoms with van der Waals surface area (Å²) in [7, 11) is 0. The maximum Gasteiger partial charge on any atom is 0.320 e. The Hall–Kier alpha value is -1.39. The lowest BCUT2D eigenvalue weighted by atomic mass is 10.00. The molecule has 0 fully saturated rings. The number of benzene rings is 1. The van der Waals surface area contributed by atoms with Crippen molar-refractivity contribution in [3.8, 4) is 0 Å². The van der Waals surface area contributed by atoms with Gasteiger partial charge in [-0.05, 0) is 30.9 Å². The smallest absolute Gasteiger partial charge is 0.320 e. The second kappa shape index (κ2) is 6.68. The number of nitrogens with one attached hydrogen (secondary N) is 1. The highest BCUT2D eigenvalue weighted by Gasteiger charge is 2.22. The highest BCUT2D eigenvalue weighted by Crippen LogP contribution is 2.18. The Bertz CT molecular complexity index is 443. The minimum absolute atomic E-state index is 0.0242. The molecule has 1 aromatic carbocycles. The number of carbonyl (C=O) groups is 1. The van der Waals surface area contributed by atoms with Crippen LogP contribution in [0.5, 0.6) is 0 Å². The van der Waals surface area contributed by atoms with Gasteiger partial charge in [-0.2, -0.15) is 0 Å². The number of hydrogen-bond acceptors (Lipinski definition) is 3. The van der Waals surface area contributed by atoms with Crippen LogP contribution in [0, 0.1) is 19.8 Å². The molecule has 0 radical (unpaired) electrons. The van der Waals surface area contributed by atoms with Gasteiger partial charge in [0.2, 0.25) is 0 Å². The van der Waals surface area contributed by atoms with E-state index < -0.39 is 18.1 Å². The lowest BCUT2D eigenvalue weighted by Gasteiger charge is -2.21. The minimum Gasteiger partial charge on any atom is -0.480 e. The molecule has 0 amide bonds. The number of carboxylic acids is 1. The molecular formula is C15H23NO3. The van der Waals surface area contributed by atoms with Crippen molar-refractivity contribution >= 4 is 5.97 Å². The SMILES string of the molecule is Cc1ccc(C(O)CNC(C(=O)O)C(C)C)c(C)c1. The predicted molar refractivity (Wildman–Crippen MR) is 75.1 cm³/mol. The molecule has 0 aliphatic rings. The minimum atomic E-state index is -0.886. The van der Waals surface area contributed by atoms with E-state index in [0.29, 0.717) is 0 Å². The van der Waals surface area contributed by atoms with Crippen LogP contribution in [0.15, 0.2) is 18.2 Å². The predicted octanol–water partition coefficient (Wildman–Crippen LogP) is 2.04. The molecule has 2 unspecified atom stereocenters. The average Bonchev–Trinajstić information content (AvgIpc) is 2.27. The molecule has 0 heterocycles. The summed E-state index contributed by atoms with van der Waals surface area (Å²) in [5.74, 6) is -0.911. The molecule has 0 aliphatic heterocycles. The molecule has 1 rings (SSSR count). The summed E-state index contributed by atoms with van der Waals surface area (Å²) in [4.78, 5) is 11.1. The summed E-state index contributed by atoms with van der Waals surface area (Å²) in [6.45, 7) is 7.87. The highest BCUT2D eigenvalue weighted by molar-refractivity contribution is 5.73. The van der Waals surface area contributed by atoms with Crippen LogP contribution < -0.4 is 5.32 Å². The molecule has 0 aliphatic carbocycles. The van der Waals surface area contributed by atoms with Gasteiger partial charge >= 0.3 is 5.97 Å². The number of aliphatic hydroxyl groups excluding tert-OH is 1. The van der Waals surface area contributed by atoms with Gasteiger partial charge in [-0.3, -0.25) is 4.79 Å². The Balaban J connectivity index is 2.69. The van der Waals surface area contributed by atoms with Crippen molar-refractivity contribution in [1.82, 2.24) is 5.32 Å². The van der Waals surface area contributed by atoms with E-state index in [1.165, 1.54) is 0 Å². The van der Waals surface area contributed by atoms with Crippen LogP contribution in [0.3, 0.4) is 0 Å². The van der Waals surface area contributed by atoms with Gasteiger partial charge in [-0.15, -0.1) is 0 Å². The topological polar surface area (TPSA) is 69.6 Å².